The normalized spacial score (nSPS) is 19.4. The van der Waals surface area contributed by atoms with Crippen LogP contribution in [0.15, 0.2) is 54.6 Å². The Morgan fingerprint density at radius 1 is 1.00 bits per heavy atom. The molecule has 1 N–H and O–H groups in total. The SMILES string of the molecule is CC(C)(C)c1ccc(OCC(O)CN2C(C)(C)CC(OC(=O)c3ccccc3)CC2(C)C)cc1. The van der Waals surface area contributed by atoms with Crippen molar-refractivity contribution >= 4 is 5.97 Å². The number of esters is 1. The van der Waals surface area contributed by atoms with E-state index < -0.39 is 6.10 Å². The van der Waals surface area contributed by atoms with Crippen molar-refractivity contribution in [2.45, 2.75) is 90.0 Å². The molecule has 186 valence electrons. The molecule has 0 aromatic heterocycles. The number of likely N-dealkylation sites (tertiary alicyclic amines) is 1. The summed E-state index contributed by atoms with van der Waals surface area (Å²) in [5.41, 5.74) is 1.41. The van der Waals surface area contributed by atoms with Gasteiger partial charge in [-0.2, -0.15) is 0 Å². The van der Waals surface area contributed by atoms with Crippen LogP contribution in [0.4, 0.5) is 0 Å². The Morgan fingerprint density at radius 3 is 2.09 bits per heavy atom. The zero-order chi connectivity index (χ0) is 25.1. The van der Waals surface area contributed by atoms with Crippen molar-refractivity contribution in [1.29, 1.82) is 0 Å². The quantitative estimate of drug-likeness (QED) is 0.537. The Hall–Kier alpha value is -2.37. The third-order valence-electron chi connectivity index (χ3n) is 6.76. The standard InChI is InChI=1S/C29H41NO4/c1-27(2,3)22-13-15-24(16-14-22)33-20-23(31)19-30-28(4,5)17-25(18-29(30,6)7)34-26(32)21-11-9-8-10-12-21/h8-16,23,25,31H,17-20H2,1-7H3. The minimum Gasteiger partial charge on any atom is -0.491 e. The first-order chi connectivity index (χ1) is 15.8. The molecule has 1 aliphatic heterocycles. The van der Waals surface area contributed by atoms with Crippen molar-refractivity contribution in [3.8, 4) is 5.75 Å². The molecule has 2 aromatic carbocycles. The number of aliphatic hydroxyl groups excluding tert-OH is 1. The van der Waals surface area contributed by atoms with Crippen LogP contribution in [-0.4, -0.2) is 52.4 Å². The van der Waals surface area contributed by atoms with Crippen LogP contribution < -0.4 is 4.74 Å². The second-order valence-corrected chi connectivity index (χ2v) is 11.8. The van der Waals surface area contributed by atoms with Crippen LogP contribution in [0.3, 0.4) is 0 Å². The van der Waals surface area contributed by atoms with Gasteiger partial charge in [0, 0.05) is 30.5 Å². The van der Waals surface area contributed by atoms with Gasteiger partial charge < -0.3 is 14.6 Å². The number of nitrogens with zero attached hydrogens (tertiary/aromatic N) is 1. The third kappa shape index (κ3) is 6.61. The van der Waals surface area contributed by atoms with E-state index in [-0.39, 0.29) is 35.2 Å². The molecule has 0 amide bonds. The van der Waals surface area contributed by atoms with E-state index in [1.54, 1.807) is 12.1 Å². The summed E-state index contributed by atoms with van der Waals surface area (Å²) in [6.45, 7) is 15.9. The molecular weight excluding hydrogens is 426 g/mol. The molecule has 1 aliphatic rings. The average molecular weight is 468 g/mol. The molecule has 0 saturated carbocycles. The fraction of sp³-hybridized carbons (Fsp3) is 0.552. The van der Waals surface area contributed by atoms with Gasteiger partial charge in [-0.05, 0) is 62.9 Å². The summed E-state index contributed by atoms with van der Waals surface area (Å²) in [6, 6.07) is 17.2. The number of ether oxygens (including phenoxy) is 2. The molecule has 1 heterocycles. The lowest BCUT2D eigenvalue weighted by atomic mass is 9.77. The topological polar surface area (TPSA) is 59.0 Å². The summed E-state index contributed by atoms with van der Waals surface area (Å²) >= 11 is 0. The Balaban J connectivity index is 1.58. The van der Waals surface area contributed by atoms with Gasteiger partial charge in [-0.1, -0.05) is 51.1 Å². The van der Waals surface area contributed by atoms with Crippen LogP contribution in [0.5, 0.6) is 5.75 Å². The summed E-state index contributed by atoms with van der Waals surface area (Å²) < 4.78 is 11.8. The molecular formula is C29H41NO4. The van der Waals surface area contributed by atoms with Crippen molar-refractivity contribution in [2.75, 3.05) is 13.2 Å². The molecule has 2 aromatic rings. The molecule has 3 rings (SSSR count). The highest BCUT2D eigenvalue weighted by atomic mass is 16.5. The Labute approximate surface area is 205 Å². The molecule has 5 nitrogen and oxygen atoms in total. The van der Waals surface area contributed by atoms with E-state index in [1.165, 1.54) is 5.56 Å². The highest BCUT2D eigenvalue weighted by molar-refractivity contribution is 5.89. The molecule has 0 aliphatic carbocycles. The van der Waals surface area contributed by atoms with Crippen LogP contribution in [-0.2, 0) is 10.2 Å². The molecule has 5 heteroatoms. The van der Waals surface area contributed by atoms with Gasteiger partial charge in [0.25, 0.3) is 0 Å². The van der Waals surface area contributed by atoms with E-state index in [4.69, 9.17) is 9.47 Å². The summed E-state index contributed by atoms with van der Waals surface area (Å²) in [5, 5.41) is 10.8. The number of rotatable bonds is 7. The number of carbonyl (C=O) groups is 1. The Kier molecular flexibility index (Phi) is 7.79. The number of hydrogen-bond acceptors (Lipinski definition) is 5. The molecule has 0 radical (unpaired) electrons. The Bertz CT molecular complexity index is 926. The fourth-order valence-electron chi connectivity index (χ4n) is 5.10. The fourth-order valence-corrected chi connectivity index (χ4v) is 5.10. The summed E-state index contributed by atoms with van der Waals surface area (Å²) in [7, 11) is 0. The van der Waals surface area contributed by atoms with E-state index in [1.807, 2.05) is 30.3 Å². The van der Waals surface area contributed by atoms with E-state index in [0.717, 1.165) is 5.75 Å². The van der Waals surface area contributed by atoms with Gasteiger partial charge in [-0.15, -0.1) is 0 Å². The number of benzene rings is 2. The molecule has 1 fully saturated rings. The largest absolute Gasteiger partial charge is 0.491 e. The van der Waals surface area contributed by atoms with E-state index in [2.05, 4.69) is 65.5 Å². The summed E-state index contributed by atoms with van der Waals surface area (Å²) in [5.74, 6) is 0.480. The van der Waals surface area contributed by atoms with Crippen LogP contribution in [0.1, 0.15) is 77.2 Å². The maximum absolute atomic E-state index is 12.6. The van der Waals surface area contributed by atoms with Crippen molar-refractivity contribution < 1.29 is 19.4 Å². The van der Waals surface area contributed by atoms with Gasteiger partial charge in [0.2, 0.25) is 0 Å². The highest BCUT2D eigenvalue weighted by Gasteiger charge is 2.47. The van der Waals surface area contributed by atoms with Crippen molar-refractivity contribution in [2.24, 2.45) is 0 Å². The van der Waals surface area contributed by atoms with E-state index in [9.17, 15) is 9.90 Å². The summed E-state index contributed by atoms with van der Waals surface area (Å²) in [4.78, 5) is 14.9. The zero-order valence-electron chi connectivity index (χ0n) is 21.8. The maximum atomic E-state index is 12.6. The lowest BCUT2D eigenvalue weighted by Gasteiger charge is -2.55. The van der Waals surface area contributed by atoms with Gasteiger partial charge >= 0.3 is 5.97 Å². The molecule has 0 bridgehead atoms. The molecule has 1 unspecified atom stereocenters. The number of aliphatic hydroxyl groups is 1. The van der Waals surface area contributed by atoms with Crippen LogP contribution >= 0.6 is 0 Å². The van der Waals surface area contributed by atoms with Gasteiger partial charge in [0.05, 0.1) is 5.56 Å². The van der Waals surface area contributed by atoms with Crippen molar-refractivity contribution in [1.82, 2.24) is 4.90 Å². The van der Waals surface area contributed by atoms with Gasteiger partial charge in [0.15, 0.2) is 0 Å². The molecule has 34 heavy (non-hydrogen) atoms. The van der Waals surface area contributed by atoms with Crippen LogP contribution in [0, 0.1) is 0 Å². The predicted molar refractivity (Wildman–Crippen MR) is 136 cm³/mol. The first-order valence-corrected chi connectivity index (χ1v) is 12.2. The van der Waals surface area contributed by atoms with E-state index >= 15 is 0 Å². The van der Waals surface area contributed by atoms with Gasteiger partial charge in [-0.3, -0.25) is 4.90 Å². The first-order valence-electron chi connectivity index (χ1n) is 12.2. The third-order valence-corrected chi connectivity index (χ3v) is 6.76. The van der Waals surface area contributed by atoms with Gasteiger partial charge in [0.1, 0.15) is 24.6 Å². The number of piperidine rings is 1. The highest BCUT2D eigenvalue weighted by Crippen LogP contribution is 2.40. The molecule has 1 saturated heterocycles. The lowest BCUT2D eigenvalue weighted by Crippen LogP contribution is -2.64. The minimum atomic E-state index is -0.635. The second-order valence-electron chi connectivity index (χ2n) is 11.8. The smallest absolute Gasteiger partial charge is 0.338 e. The first kappa shape index (κ1) is 26.2. The number of hydrogen-bond donors (Lipinski definition) is 1. The predicted octanol–water partition coefficient (Wildman–Crippen LogP) is 5.60. The number of β-amino-alcohol motifs (C(OH)–C–C–N with tert-alkyl or cyclic N) is 1. The number of carbonyl (C=O) groups excluding carboxylic acids is 1. The Morgan fingerprint density at radius 2 is 1.56 bits per heavy atom. The molecule has 0 spiro atoms. The van der Waals surface area contributed by atoms with Crippen molar-refractivity contribution in [3.63, 3.8) is 0 Å². The average Bonchev–Trinajstić information content (AvgIpc) is 2.74. The summed E-state index contributed by atoms with van der Waals surface area (Å²) in [6.07, 6.45) is 0.598. The van der Waals surface area contributed by atoms with Crippen LogP contribution in [0.2, 0.25) is 0 Å². The van der Waals surface area contributed by atoms with Gasteiger partial charge in [-0.25, -0.2) is 4.79 Å². The van der Waals surface area contributed by atoms with Crippen molar-refractivity contribution in [3.05, 3.63) is 65.7 Å². The zero-order valence-corrected chi connectivity index (χ0v) is 21.8. The lowest BCUT2D eigenvalue weighted by molar-refractivity contribution is -0.104. The second kappa shape index (κ2) is 10.1. The van der Waals surface area contributed by atoms with Crippen LogP contribution in [0.25, 0.3) is 0 Å². The minimum absolute atomic E-state index is 0.0940. The molecule has 1 atom stereocenters. The maximum Gasteiger partial charge on any atom is 0.338 e. The van der Waals surface area contributed by atoms with E-state index in [0.29, 0.717) is 24.9 Å². The monoisotopic (exact) mass is 467 g/mol.